The Morgan fingerprint density at radius 1 is 1.36 bits per heavy atom. The molecule has 0 aliphatic carbocycles. The van der Waals surface area contributed by atoms with Crippen LogP contribution in [-0.2, 0) is 6.54 Å². The number of imidazole rings is 1. The van der Waals surface area contributed by atoms with Gasteiger partial charge in [-0.15, -0.1) is 0 Å². The van der Waals surface area contributed by atoms with Gasteiger partial charge in [0.15, 0.2) is 0 Å². The Hall–Kier alpha value is -0.830. The lowest BCUT2D eigenvalue weighted by atomic mass is 10.2. The number of hydrogen-bond acceptors (Lipinski definition) is 2. The van der Waals surface area contributed by atoms with Crippen LogP contribution in [0.2, 0.25) is 0 Å². The monoisotopic (exact) mass is 195 g/mol. The Labute approximate surface area is 86.5 Å². The van der Waals surface area contributed by atoms with E-state index in [1.54, 1.807) is 0 Å². The molecule has 0 aromatic carbocycles. The van der Waals surface area contributed by atoms with Crippen LogP contribution in [0.1, 0.15) is 33.1 Å². The summed E-state index contributed by atoms with van der Waals surface area (Å²) >= 11 is 0. The van der Waals surface area contributed by atoms with Gasteiger partial charge in [0.1, 0.15) is 0 Å². The maximum absolute atomic E-state index is 4.01. The van der Waals surface area contributed by atoms with E-state index in [0.29, 0.717) is 6.04 Å². The van der Waals surface area contributed by atoms with Crippen molar-refractivity contribution in [2.45, 2.75) is 45.7 Å². The largest absolute Gasteiger partial charge is 0.337 e. The lowest BCUT2D eigenvalue weighted by Gasteiger charge is -2.14. The van der Waals surface area contributed by atoms with Crippen LogP contribution < -0.4 is 5.32 Å². The van der Waals surface area contributed by atoms with Crippen molar-refractivity contribution in [2.75, 3.05) is 6.54 Å². The Morgan fingerprint density at radius 2 is 2.14 bits per heavy atom. The van der Waals surface area contributed by atoms with Crippen LogP contribution in [0.25, 0.3) is 0 Å². The van der Waals surface area contributed by atoms with Gasteiger partial charge in [-0.05, 0) is 25.8 Å². The smallest absolute Gasteiger partial charge is 0.0945 e. The molecule has 0 saturated heterocycles. The Morgan fingerprint density at radius 3 is 2.71 bits per heavy atom. The zero-order chi connectivity index (χ0) is 10.2. The highest BCUT2D eigenvalue weighted by Crippen LogP contribution is 1.96. The van der Waals surface area contributed by atoms with Crippen LogP contribution in [0.3, 0.4) is 0 Å². The fraction of sp³-hybridized carbons (Fsp3) is 0.727. The molecule has 0 spiro atoms. The summed E-state index contributed by atoms with van der Waals surface area (Å²) in [5, 5.41) is 3.55. The number of aromatic nitrogens is 2. The second kappa shape index (κ2) is 6.60. The molecule has 1 rings (SSSR count). The van der Waals surface area contributed by atoms with Crippen LogP contribution in [0.5, 0.6) is 0 Å². The van der Waals surface area contributed by atoms with E-state index >= 15 is 0 Å². The van der Waals surface area contributed by atoms with Crippen molar-refractivity contribution in [3.63, 3.8) is 0 Å². The molecule has 0 amide bonds. The van der Waals surface area contributed by atoms with Crippen LogP contribution in [0, 0.1) is 0 Å². The quantitative estimate of drug-likeness (QED) is 0.675. The summed E-state index contributed by atoms with van der Waals surface area (Å²) in [6, 6.07) is 0.692. The van der Waals surface area contributed by atoms with Gasteiger partial charge in [-0.1, -0.05) is 13.8 Å². The number of aryl methyl sites for hydroxylation is 1. The third kappa shape index (κ3) is 3.92. The minimum absolute atomic E-state index is 0.692. The number of nitrogens with one attached hydrogen (secondary N) is 1. The van der Waals surface area contributed by atoms with Crippen molar-refractivity contribution in [3.8, 4) is 0 Å². The molecule has 3 heteroatoms. The Balaban J connectivity index is 2.04. The van der Waals surface area contributed by atoms with E-state index in [1.165, 1.54) is 19.3 Å². The van der Waals surface area contributed by atoms with Crippen LogP contribution in [0.15, 0.2) is 18.7 Å². The fourth-order valence-corrected chi connectivity index (χ4v) is 1.56. The predicted molar refractivity (Wildman–Crippen MR) is 59.2 cm³/mol. The van der Waals surface area contributed by atoms with Crippen molar-refractivity contribution in [3.05, 3.63) is 18.7 Å². The molecule has 3 nitrogen and oxygen atoms in total. The zero-order valence-corrected chi connectivity index (χ0v) is 9.24. The average Bonchev–Trinajstić information content (AvgIpc) is 2.71. The van der Waals surface area contributed by atoms with Crippen LogP contribution in [0.4, 0.5) is 0 Å². The Kier molecular flexibility index (Phi) is 5.30. The van der Waals surface area contributed by atoms with Crippen molar-refractivity contribution in [1.82, 2.24) is 14.9 Å². The summed E-state index contributed by atoms with van der Waals surface area (Å²) in [6.07, 6.45) is 9.33. The molecule has 0 unspecified atom stereocenters. The summed E-state index contributed by atoms with van der Waals surface area (Å²) in [4.78, 5) is 4.01. The molecule has 1 aromatic heterocycles. The first kappa shape index (κ1) is 11.2. The SMILES string of the molecule is CCC(CC)NCCCn1ccnc1. The summed E-state index contributed by atoms with van der Waals surface area (Å²) in [5.74, 6) is 0. The summed E-state index contributed by atoms with van der Waals surface area (Å²) in [5.41, 5.74) is 0. The third-order valence-corrected chi connectivity index (χ3v) is 2.57. The van der Waals surface area contributed by atoms with Gasteiger partial charge in [0.05, 0.1) is 6.33 Å². The predicted octanol–water partition coefficient (Wildman–Crippen LogP) is 2.05. The third-order valence-electron chi connectivity index (χ3n) is 2.57. The van der Waals surface area contributed by atoms with E-state index in [1.807, 2.05) is 18.7 Å². The summed E-state index contributed by atoms with van der Waals surface area (Å²) in [7, 11) is 0. The van der Waals surface area contributed by atoms with E-state index in [9.17, 15) is 0 Å². The lowest BCUT2D eigenvalue weighted by Crippen LogP contribution is -2.29. The second-order valence-electron chi connectivity index (χ2n) is 3.62. The first-order chi connectivity index (χ1) is 6.86. The number of hydrogen-bond donors (Lipinski definition) is 1. The molecule has 0 aliphatic rings. The molecule has 0 radical (unpaired) electrons. The molecule has 80 valence electrons. The minimum atomic E-state index is 0.692. The van der Waals surface area contributed by atoms with E-state index in [4.69, 9.17) is 0 Å². The zero-order valence-electron chi connectivity index (χ0n) is 9.24. The van der Waals surface area contributed by atoms with Gasteiger partial charge in [-0.25, -0.2) is 4.98 Å². The van der Waals surface area contributed by atoms with Gasteiger partial charge in [-0.2, -0.15) is 0 Å². The highest BCUT2D eigenvalue weighted by molar-refractivity contribution is 4.74. The molecule has 0 atom stereocenters. The molecule has 1 N–H and O–H groups in total. The molecule has 1 heterocycles. The second-order valence-corrected chi connectivity index (χ2v) is 3.62. The van der Waals surface area contributed by atoms with E-state index in [2.05, 4.69) is 28.7 Å². The van der Waals surface area contributed by atoms with Gasteiger partial charge in [-0.3, -0.25) is 0 Å². The molecular weight excluding hydrogens is 174 g/mol. The maximum atomic E-state index is 4.01. The lowest BCUT2D eigenvalue weighted by molar-refractivity contribution is 0.466. The molecule has 0 aliphatic heterocycles. The highest BCUT2D eigenvalue weighted by atomic mass is 15.0. The molecule has 0 bridgehead atoms. The number of rotatable bonds is 7. The van der Waals surface area contributed by atoms with E-state index < -0.39 is 0 Å². The van der Waals surface area contributed by atoms with Crippen molar-refractivity contribution in [2.24, 2.45) is 0 Å². The topological polar surface area (TPSA) is 29.9 Å². The summed E-state index contributed by atoms with van der Waals surface area (Å²) < 4.78 is 2.12. The maximum Gasteiger partial charge on any atom is 0.0945 e. The molecule has 1 aromatic rings. The van der Waals surface area contributed by atoms with E-state index in [0.717, 1.165) is 13.1 Å². The van der Waals surface area contributed by atoms with Crippen molar-refractivity contribution < 1.29 is 0 Å². The van der Waals surface area contributed by atoms with Gasteiger partial charge in [0.2, 0.25) is 0 Å². The van der Waals surface area contributed by atoms with Crippen molar-refractivity contribution in [1.29, 1.82) is 0 Å². The van der Waals surface area contributed by atoms with Gasteiger partial charge in [0.25, 0.3) is 0 Å². The van der Waals surface area contributed by atoms with Crippen molar-refractivity contribution >= 4 is 0 Å². The minimum Gasteiger partial charge on any atom is -0.337 e. The Bertz CT molecular complexity index is 214. The van der Waals surface area contributed by atoms with Gasteiger partial charge >= 0.3 is 0 Å². The first-order valence-corrected chi connectivity index (χ1v) is 5.56. The first-order valence-electron chi connectivity index (χ1n) is 5.56. The van der Waals surface area contributed by atoms with Gasteiger partial charge in [0, 0.05) is 25.0 Å². The standard InChI is InChI=1S/C11H21N3/c1-3-11(4-2)13-6-5-8-14-9-7-12-10-14/h7,9-11,13H,3-6,8H2,1-2H3. The number of nitrogens with zero attached hydrogens (tertiary/aromatic N) is 2. The molecule has 0 fully saturated rings. The van der Waals surface area contributed by atoms with E-state index in [-0.39, 0.29) is 0 Å². The van der Waals surface area contributed by atoms with Gasteiger partial charge < -0.3 is 9.88 Å². The molecule has 0 saturated carbocycles. The molecular formula is C11H21N3. The normalized spacial score (nSPS) is 11.1. The fourth-order valence-electron chi connectivity index (χ4n) is 1.56. The van der Waals surface area contributed by atoms with Crippen LogP contribution in [-0.4, -0.2) is 22.1 Å². The highest BCUT2D eigenvalue weighted by Gasteiger charge is 2.00. The summed E-state index contributed by atoms with van der Waals surface area (Å²) in [6.45, 7) is 6.63. The molecule has 14 heavy (non-hydrogen) atoms. The average molecular weight is 195 g/mol. The van der Waals surface area contributed by atoms with Crippen LogP contribution >= 0.6 is 0 Å².